The Morgan fingerprint density at radius 1 is 1.19 bits per heavy atom. The van der Waals surface area contributed by atoms with Crippen LogP contribution >= 0.6 is 11.6 Å². The largest absolute Gasteiger partial charge is 0.491 e. The smallest absolute Gasteiger partial charge is 0.410 e. The molecule has 2 aromatic carbocycles. The molecule has 2 heterocycles. The molecule has 4 rings (SSSR count). The first kappa shape index (κ1) is 21.5. The summed E-state index contributed by atoms with van der Waals surface area (Å²) in [5.74, 6) is 0.715. The minimum absolute atomic E-state index is 0.260. The summed E-state index contributed by atoms with van der Waals surface area (Å²) in [4.78, 5) is 17.8. The number of nitrogens with one attached hydrogen (secondary N) is 1. The average molecular weight is 447 g/mol. The van der Waals surface area contributed by atoms with Crippen molar-refractivity contribution in [3.8, 4) is 5.75 Å². The molecule has 0 fully saturated rings. The number of amides is 1. The van der Waals surface area contributed by atoms with Gasteiger partial charge in [0.15, 0.2) is 0 Å². The topological polar surface area (TPSA) is 63.8 Å². The summed E-state index contributed by atoms with van der Waals surface area (Å²) in [5.41, 5.74) is 3.89. The molecule has 0 saturated carbocycles. The highest BCUT2D eigenvalue weighted by Crippen LogP contribution is 2.39. The molecule has 0 saturated heterocycles. The van der Waals surface area contributed by atoms with Crippen LogP contribution in [-0.4, -0.2) is 56.1 Å². The van der Waals surface area contributed by atoms with E-state index in [1.807, 2.05) is 42.5 Å². The Balaban J connectivity index is 1.71. The van der Waals surface area contributed by atoms with Crippen LogP contribution in [0.15, 0.2) is 42.5 Å². The second-order valence-corrected chi connectivity index (χ2v) is 7.70. The number of alkyl halides is 1. The van der Waals surface area contributed by atoms with Gasteiger partial charge in [-0.3, -0.25) is 4.90 Å². The van der Waals surface area contributed by atoms with E-state index in [1.165, 1.54) is 0 Å². The standard InChI is InChI=1S/C23H24ClFN2O4/c1-29-12-13-30-17-5-2-15(3-6-17)22-21-18(8-10-27(22)23(28)31-11-9-25)19-14-16(24)4-7-20(19)26-21/h2-7,14,22,26H,8-13H2,1H3. The summed E-state index contributed by atoms with van der Waals surface area (Å²) in [7, 11) is 1.62. The number of methoxy groups -OCH3 is 1. The summed E-state index contributed by atoms with van der Waals surface area (Å²) < 4.78 is 28.4. The van der Waals surface area contributed by atoms with E-state index in [0.29, 0.717) is 37.0 Å². The molecule has 1 aromatic heterocycles. The lowest BCUT2D eigenvalue weighted by molar-refractivity contribution is 0.0837. The van der Waals surface area contributed by atoms with Gasteiger partial charge in [-0.25, -0.2) is 9.18 Å². The average Bonchev–Trinajstić information content (AvgIpc) is 3.15. The Bertz CT molecular complexity index is 1050. The minimum atomic E-state index is -0.714. The van der Waals surface area contributed by atoms with E-state index in [4.69, 9.17) is 25.8 Å². The van der Waals surface area contributed by atoms with Crippen LogP contribution in [0.1, 0.15) is 22.9 Å². The fourth-order valence-electron chi connectivity index (χ4n) is 4.00. The van der Waals surface area contributed by atoms with Crippen molar-refractivity contribution in [1.82, 2.24) is 9.88 Å². The maximum absolute atomic E-state index is 12.7. The first-order valence-corrected chi connectivity index (χ1v) is 10.5. The van der Waals surface area contributed by atoms with Crippen molar-refractivity contribution < 1.29 is 23.4 Å². The van der Waals surface area contributed by atoms with Gasteiger partial charge in [0.1, 0.15) is 31.7 Å². The monoisotopic (exact) mass is 446 g/mol. The maximum atomic E-state index is 12.7. The second kappa shape index (κ2) is 9.58. The number of carbonyl (C=O) groups excluding carboxylic acids is 1. The molecule has 1 amide bonds. The number of aromatic nitrogens is 1. The van der Waals surface area contributed by atoms with E-state index < -0.39 is 18.8 Å². The lowest BCUT2D eigenvalue weighted by atomic mass is 9.92. The van der Waals surface area contributed by atoms with Crippen LogP contribution in [0.2, 0.25) is 5.02 Å². The Kier molecular flexibility index (Phi) is 6.63. The molecule has 0 bridgehead atoms. The van der Waals surface area contributed by atoms with Crippen molar-refractivity contribution in [2.24, 2.45) is 0 Å². The number of halogens is 2. The van der Waals surface area contributed by atoms with Crippen molar-refractivity contribution in [1.29, 1.82) is 0 Å². The predicted octanol–water partition coefficient (Wildman–Crippen LogP) is 4.90. The number of H-pyrrole nitrogens is 1. The Morgan fingerprint density at radius 3 is 2.74 bits per heavy atom. The quantitative estimate of drug-likeness (QED) is 0.524. The zero-order valence-electron chi connectivity index (χ0n) is 17.2. The van der Waals surface area contributed by atoms with Gasteiger partial charge in [0.25, 0.3) is 0 Å². The summed E-state index contributed by atoms with van der Waals surface area (Å²) in [5, 5.41) is 1.71. The first-order chi connectivity index (χ1) is 15.1. The number of hydrogen-bond acceptors (Lipinski definition) is 4. The molecular weight excluding hydrogens is 423 g/mol. The third-order valence-electron chi connectivity index (χ3n) is 5.38. The van der Waals surface area contributed by atoms with Gasteiger partial charge in [0, 0.05) is 35.3 Å². The van der Waals surface area contributed by atoms with Gasteiger partial charge in [-0.2, -0.15) is 0 Å². The highest BCUT2D eigenvalue weighted by molar-refractivity contribution is 6.31. The molecule has 6 nitrogen and oxygen atoms in total. The van der Waals surface area contributed by atoms with Gasteiger partial charge in [0.05, 0.1) is 6.61 Å². The Morgan fingerprint density at radius 2 is 2.00 bits per heavy atom. The van der Waals surface area contributed by atoms with E-state index in [-0.39, 0.29) is 6.61 Å². The summed E-state index contributed by atoms with van der Waals surface area (Å²) in [6, 6.07) is 12.9. The van der Waals surface area contributed by atoms with E-state index in [0.717, 1.165) is 27.7 Å². The van der Waals surface area contributed by atoms with Crippen LogP contribution in [0, 0.1) is 0 Å². The molecule has 1 atom stereocenters. The van der Waals surface area contributed by atoms with Crippen LogP contribution in [0.5, 0.6) is 5.75 Å². The van der Waals surface area contributed by atoms with Gasteiger partial charge in [-0.1, -0.05) is 23.7 Å². The fraction of sp³-hybridized carbons (Fsp3) is 0.348. The van der Waals surface area contributed by atoms with Crippen molar-refractivity contribution in [2.45, 2.75) is 12.5 Å². The molecule has 31 heavy (non-hydrogen) atoms. The number of rotatable bonds is 7. The zero-order chi connectivity index (χ0) is 21.8. The van der Waals surface area contributed by atoms with Crippen molar-refractivity contribution in [2.75, 3.05) is 40.1 Å². The van der Waals surface area contributed by atoms with Crippen LogP contribution < -0.4 is 4.74 Å². The van der Waals surface area contributed by atoms with Gasteiger partial charge < -0.3 is 19.2 Å². The van der Waals surface area contributed by atoms with Crippen molar-refractivity contribution in [3.63, 3.8) is 0 Å². The number of nitrogens with zero attached hydrogens (tertiary/aromatic N) is 1. The summed E-state index contributed by atoms with van der Waals surface area (Å²) >= 11 is 6.22. The van der Waals surface area contributed by atoms with E-state index in [9.17, 15) is 9.18 Å². The molecule has 1 unspecified atom stereocenters. The lowest BCUT2D eigenvalue weighted by Crippen LogP contribution is -2.41. The second-order valence-electron chi connectivity index (χ2n) is 7.27. The minimum Gasteiger partial charge on any atom is -0.491 e. The number of ether oxygens (including phenoxy) is 3. The van der Waals surface area contributed by atoms with Gasteiger partial charge in [-0.15, -0.1) is 0 Å². The number of fused-ring (bicyclic) bond motifs is 3. The third kappa shape index (κ3) is 4.48. The van der Waals surface area contributed by atoms with Crippen LogP contribution in [-0.2, 0) is 15.9 Å². The maximum Gasteiger partial charge on any atom is 0.410 e. The lowest BCUT2D eigenvalue weighted by Gasteiger charge is -2.35. The zero-order valence-corrected chi connectivity index (χ0v) is 18.0. The summed E-state index contributed by atoms with van der Waals surface area (Å²) in [6.07, 6.45) is 0.111. The van der Waals surface area contributed by atoms with Crippen LogP contribution in [0.3, 0.4) is 0 Å². The number of hydrogen-bond donors (Lipinski definition) is 1. The van der Waals surface area contributed by atoms with Crippen LogP contribution in [0.25, 0.3) is 10.9 Å². The molecular formula is C23H24ClFN2O4. The Hall–Kier alpha value is -2.77. The van der Waals surface area contributed by atoms with E-state index in [2.05, 4.69) is 4.98 Å². The molecule has 3 aromatic rings. The molecule has 164 valence electrons. The number of aromatic amines is 1. The molecule has 1 aliphatic rings. The van der Waals surface area contributed by atoms with Crippen molar-refractivity contribution in [3.05, 3.63) is 64.3 Å². The van der Waals surface area contributed by atoms with Gasteiger partial charge in [0.2, 0.25) is 0 Å². The van der Waals surface area contributed by atoms with Crippen LogP contribution in [0.4, 0.5) is 9.18 Å². The van der Waals surface area contributed by atoms with E-state index >= 15 is 0 Å². The molecule has 1 aliphatic heterocycles. The number of carbonyl (C=O) groups is 1. The molecule has 0 spiro atoms. The van der Waals surface area contributed by atoms with Gasteiger partial charge in [-0.05, 0) is 47.9 Å². The highest BCUT2D eigenvalue weighted by Gasteiger charge is 2.35. The normalized spacial score (nSPS) is 15.7. The molecule has 8 heteroatoms. The molecule has 0 radical (unpaired) electrons. The molecule has 1 N–H and O–H groups in total. The predicted molar refractivity (Wildman–Crippen MR) is 117 cm³/mol. The highest BCUT2D eigenvalue weighted by atomic mass is 35.5. The fourth-order valence-corrected chi connectivity index (χ4v) is 4.17. The van der Waals surface area contributed by atoms with Gasteiger partial charge >= 0.3 is 6.09 Å². The number of benzene rings is 2. The van der Waals surface area contributed by atoms with Crippen molar-refractivity contribution >= 4 is 28.6 Å². The third-order valence-corrected chi connectivity index (χ3v) is 5.61. The van der Waals surface area contributed by atoms with E-state index in [1.54, 1.807) is 12.0 Å². The SMILES string of the molecule is COCCOc1ccc(C2c3[nH]c4ccc(Cl)cc4c3CCN2C(=O)OCCF)cc1. The summed E-state index contributed by atoms with van der Waals surface area (Å²) in [6.45, 7) is 0.430. The Labute approximate surface area is 184 Å². The first-order valence-electron chi connectivity index (χ1n) is 10.1. The molecule has 0 aliphatic carbocycles.